The number of rotatable bonds is 9. The summed E-state index contributed by atoms with van der Waals surface area (Å²) in [4.78, 5) is 7.90. The maximum atomic E-state index is 13.5. The molecule has 0 radical (unpaired) electrons. The average Bonchev–Trinajstić information content (AvgIpc) is 2.68. The lowest BCUT2D eigenvalue weighted by atomic mass is 9.94. The molecule has 2 aromatic rings. The summed E-state index contributed by atoms with van der Waals surface area (Å²) in [5, 5.41) is 3.66. The largest absolute Gasteiger partial charge is 0.374 e. The van der Waals surface area contributed by atoms with Crippen molar-refractivity contribution < 1.29 is 13.6 Å². The van der Waals surface area contributed by atoms with Gasteiger partial charge in [0, 0.05) is 44.9 Å². The van der Waals surface area contributed by atoms with Crippen molar-refractivity contribution in [2.75, 3.05) is 32.1 Å². The lowest BCUT2D eigenvalue weighted by Crippen LogP contribution is -2.35. The summed E-state index contributed by atoms with van der Waals surface area (Å²) in [7, 11) is 3.83. The third-order valence-corrected chi connectivity index (χ3v) is 5.57. The van der Waals surface area contributed by atoms with Gasteiger partial charge in [-0.25, -0.2) is 14.3 Å². The fourth-order valence-electron chi connectivity index (χ4n) is 4.04. The van der Waals surface area contributed by atoms with Crippen LogP contribution in [0.5, 0.6) is 0 Å². The van der Waals surface area contributed by atoms with E-state index in [1.807, 2.05) is 0 Å². The third-order valence-electron chi connectivity index (χ3n) is 5.57. The zero-order chi connectivity index (χ0) is 20.8. The van der Waals surface area contributed by atoms with Crippen LogP contribution >= 0.6 is 0 Å². The second kappa shape index (κ2) is 10.1. The minimum absolute atomic E-state index is 0.179. The Morgan fingerprint density at radius 3 is 2.59 bits per heavy atom. The van der Waals surface area contributed by atoms with Crippen LogP contribution in [0.2, 0.25) is 0 Å². The number of anilines is 1. The van der Waals surface area contributed by atoms with E-state index < -0.39 is 11.6 Å². The monoisotopic (exact) mass is 403 g/mol. The standard InChI is InChI=1S/C23H31F2N3O/c1-4-16-5-6-23-21(14-16)22(8-10-28(23)3)27-9-7-20(29-26-2)13-17-11-18(24)15-19(25)12-17/h5-6,11-12,14-15,20,22,26-27H,4,7-10,13H2,1-3H3/t20-,22?/m1/s1. The van der Waals surface area contributed by atoms with E-state index in [2.05, 4.69) is 47.9 Å². The van der Waals surface area contributed by atoms with Gasteiger partial charge in [0.1, 0.15) is 11.6 Å². The molecule has 2 N–H and O–H groups in total. The number of nitrogens with zero attached hydrogens (tertiary/aromatic N) is 1. The number of halogens is 2. The Bertz CT molecular complexity index is 794. The molecule has 0 spiro atoms. The van der Waals surface area contributed by atoms with Gasteiger partial charge in [-0.1, -0.05) is 19.1 Å². The van der Waals surface area contributed by atoms with E-state index in [0.717, 1.165) is 38.4 Å². The van der Waals surface area contributed by atoms with E-state index in [0.29, 0.717) is 18.0 Å². The molecule has 0 fully saturated rings. The zero-order valence-electron chi connectivity index (χ0n) is 17.5. The van der Waals surface area contributed by atoms with E-state index >= 15 is 0 Å². The van der Waals surface area contributed by atoms with E-state index in [1.54, 1.807) is 7.05 Å². The maximum absolute atomic E-state index is 13.5. The molecule has 4 nitrogen and oxygen atoms in total. The Morgan fingerprint density at radius 2 is 1.90 bits per heavy atom. The summed E-state index contributed by atoms with van der Waals surface area (Å²) < 4.78 is 27.0. The number of hydroxylamine groups is 1. The van der Waals surface area contributed by atoms with Crippen molar-refractivity contribution in [1.82, 2.24) is 10.8 Å². The van der Waals surface area contributed by atoms with Crippen molar-refractivity contribution in [3.63, 3.8) is 0 Å². The first-order valence-corrected chi connectivity index (χ1v) is 10.3. The normalized spacial score (nSPS) is 17.3. The molecule has 0 aromatic heterocycles. The molecule has 0 amide bonds. The minimum Gasteiger partial charge on any atom is -0.374 e. The molecule has 158 valence electrons. The fourth-order valence-corrected chi connectivity index (χ4v) is 4.04. The van der Waals surface area contributed by atoms with Crippen molar-refractivity contribution in [3.05, 3.63) is 64.7 Å². The fraction of sp³-hybridized carbons (Fsp3) is 0.478. The Balaban J connectivity index is 1.62. The predicted molar refractivity (Wildman–Crippen MR) is 113 cm³/mol. The van der Waals surface area contributed by atoms with E-state index in [4.69, 9.17) is 4.84 Å². The summed E-state index contributed by atoms with van der Waals surface area (Å²) in [5.74, 6) is -1.12. The molecule has 1 heterocycles. The van der Waals surface area contributed by atoms with E-state index in [-0.39, 0.29) is 6.10 Å². The number of benzene rings is 2. The quantitative estimate of drug-likeness (QED) is 0.617. The lowest BCUT2D eigenvalue weighted by molar-refractivity contribution is -0.0157. The van der Waals surface area contributed by atoms with Gasteiger partial charge in [-0.3, -0.25) is 4.84 Å². The molecule has 0 saturated heterocycles. The predicted octanol–water partition coefficient (Wildman–Crippen LogP) is 4.15. The number of hydrogen-bond acceptors (Lipinski definition) is 4. The highest BCUT2D eigenvalue weighted by molar-refractivity contribution is 5.57. The van der Waals surface area contributed by atoms with Gasteiger partial charge in [-0.2, -0.15) is 0 Å². The van der Waals surface area contributed by atoms with Gasteiger partial charge in [0.05, 0.1) is 6.10 Å². The Morgan fingerprint density at radius 1 is 1.14 bits per heavy atom. The first-order valence-electron chi connectivity index (χ1n) is 10.3. The molecule has 0 bridgehead atoms. The van der Waals surface area contributed by atoms with Crippen molar-refractivity contribution in [2.45, 2.75) is 44.8 Å². The summed E-state index contributed by atoms with van der Waals surface area (Å²) in [6.45, 7) is 3.94. The highest BCUT2D eigenvalue weighted by atomic mass is 19.1. The van der Waals surface area contributed by atoms with Gasteiger partial charge < -0.3 is 10.2 Å². The van der Waals surface area contributed by atoms with Gasteiger partial charge in [0.2, 0.25) is 0 Å². The Kier molecular flexibility index (Phi) is 7.58. The van der Waals surface area contributed by atoms with Gasteiger partial charge in [-0.15, -0.1) is 0 Å². The Hall–Kier alpha value is -2.02. The first-order chi connectivity index (χ1) is 14.0. The second-order valence-electron chi connectivity index (χ2n) is 7.68. The van der Waals surface area contributed by atoms with Crippen LogP contribution in [0.25, 0.3) is 0 Å². The van der Waals surface area contributed by atoms with Crippen molar-refractivity contribution in [1.29, 1.82) is 0 Å². The number of nitrogens with one attached hydrogen (secondary N) is 2. The van der Waals surface area contributed by atoms with Crippen LogP contribution in [-0.2, 0) is 17.7 Å². The van der Waals surface area contributed by atoms with Crippen LogP contribution < -0.4 is 15.7 Å². The molecule has 2 atom stereocenters. The molecular formula is C23H31F2N3O. The second-order valence-corrected chi connectivity index (χ2v) is 7.68. The first kappa shape index (κ1) is 21.7. The number of fused-ring (bicyclic) bond motifs is 1. The van der Waals surface area contributed by atoms with Crippen LogP contribution in [0.3, 0.4) is 0 Å². The lowest BCUT2D eigenvalue weighted by Gasteiger charge is -2.34. The Labute approximate surface area is 172 Å². The average molecular weight is 404 g/mol. The van der Waals surface area contributed by atoms with Gasteiger partial charge in [-0.05, 0) is 60.7 Å². The van der Waals surface area contributed by atoms with Crippen LogP contribution in [0.15, 0.2) is 36.4 Å². The summed E-state index contributed by atoms with van der Waals surface area (Å²) in [5.41, 5.74) is 7.29. The van der Waals surface area contributed by atoms with Crippen LogP contribution in [0.1, 0.15) is 42.5 Å². The van der Waals surface area contributed by atoms with Gasteiger partial charge in [0.25, 0.3) is 0 Å². The highest BCUT2D eigenvalue weighted by Gasteiger charge is 2.23. The summed E-state index contributed by atoms with van der Waals surface area (Å²) in [6.07, 6.45) is 3.06. The van der Waals surface area contributed by atoms with E-state index in [9.17, 15) is 8.78 Å². The third kappa shape index (κ3) is 5.75. The molecule has 0 saturated carbocycles. The molecule has 3 rings (SSSR count). The molecule has 29 heavy (non-hydrogen) atoms. The van der Waals surface area contributed by atoms with Gasteiger partial charge >= 0.3 is 0 Å². The van der Waals surface area contributed by atoms with Crippen molar-refractivity contribution in [2.24, 2.45) is 0 Å². The number of hydrogen-bond donors (Lipinski definition) is 2. The maximum Gasteiger partial charge on any atom is 0.126 e. The molecular weight excluding hydrogens is 372 g/mol. The summed E-state index contributed by atoms with van der Waals surface area (Å²) in [6, 6.07) is 10.6. The SMILES string of the molecule is CCc1ccc2c(c1)C(NCC[C@H](Cc1cc(F)cc(F)c1)ONC)CCN2C. The van der Waals surface area contributed by atoms with Crippen LogP contribution in [-0.4, -0.2) is 33.3 Å². The molecule has 0 aliphatic carbocycles. The number of aryl methyl sites for hydroxylation is 1. The minimum atomic E-state index is -0.559. The molecule has 6 heteroatoms. The molecule has 1 aliphatic rings. The van der Waals surface area contributed by atoms with Crippen LogP contribution in [0.4, 0.5) is 14.5 Å². The summed E-state index contributed by atoms with van der Waals surface area (Å²) >= 11 is 0. The van der Waals surface area contributed by atoms with Crippen molar-refractivity contribution >= 4 is 5.69 Å². The van der Waals surface area contributed by atoms with Gasteiger partial charge in [0.15, 0.2) is 0 Å². The van der Waals surface area contributed by atoms with E-state index in [1.165, 1.54) is 28.9 Å². The molecule has 1 unspecified atom stereocenters. The zero-order valence-corrected chi connectivity index (χ0v) is 17.5. The molecule has 2 aromatic carbocycles. The highest BCUT2D eigenvalue weighted by Crippen LogP contribution is 2.33. The smallest absolute Gasteiger partial charge is 0.126 e. The van der Waals surface area contributed by atoms with Crippen LogP contribution in [0, 0.1) is 11.6 Å². The molecule has 1 aliphatic heterocycles. The topological polar surface area (TPSA) is 36.5 Å². The van der Waals surface area contributed by atoms with Crippen molar-refractivity contribution in [3.8, 4) is 0 Å².